The molecule has 0 bridgehead atoms. The molecule has 0 saturated heterocycles. The fraction of sp³-hybridized carbons (Fsp3) is 0. The Morgan fingerprint density at radius 1 is 0.231 bits per heavy atom. The average Bonchev–Trinajstić information content (AvgIpc) is 4.35. The highest BCUT2D eigenvalue weighted by atomic mass is 31.2. The summed E-state index contributed by atoms with van der Waals surface area (Å²) in [5.41, 5.74) is 19.4. The number of hydrogen-bond acceptors (Lipinski definition) is 1. The second-order valence-electron chi connectivity index (χ2n) is 20.1. The molecule has 0 spiro atoms. The Hall–Kier alpha value is -9.93. The van der Waals surface area contributed by atoms with Crippen molar-refractivity contribution in [2.24, 2.45) is 0 Å². The Morgan fingerprint density at radius 2 is 0.577 bits per heavy atom. The van der Waals surface area contributed by atoms with Crippen molar-refractivity contribution < 1.29 is 4.57 Å². The molecule has 0 aliphatic carbocycles. The molecule has 78 heavy (non-hydrogen) atoms. The maximum Gasteiger partial charge on any atom is 0.301 e. The number of rotatable bonds is 9. The molecule has 1 atom stereocenters. The topological polar surface area (TPSA) is 33.4 Å². The molecule has 3 heterocycles. The third-order valence-electron chi connectivity index (χ3n) is 15.6. The molecule has 368 valence electrons. The fourth-order valence-electron chi connectivity index (χ4n) is 12.0. The number of hydrogen-bond donors (Lipinski definition) is 0. The first-order valence-corrected chi connectivity index (χ1v) is 28.1. The van der Waals surface area contributed by atoms with Gasteiger partial charge in [0.15, 0.2) is 0 Å². The smallest absolute Gasteiger partial charge is 0.301 e. The van der Waals surface area contributed by atoms with Crippen LogP contribution in [0.25, 0.3) is 99.5 Å². The minimum Gasteiger partial charge on any atom is -0.309 e. The Labute approximate surface area is 452 Å². The largest absolute Gasteiger partial charge is 0.309 e. The predicted molar refractivity (Wildman–Crippen MR) is 328 cm³/mol. The lowest BCUT2D eigenvalue weighted by atomic mass is 9.98. The highest BCUT2D eigenvalue weighted by Crippen LogP contribution is 2.70. The van der Waals surface area contributed by atoms with E-state index in [2.05, 4.69) is 249 Å². The normalized spacial score (nSPS) is 14.2. The number of aromatic nitrogens is 2. The standard InChI is InChI=1S/C72H49N4OP/c77-78(62-32-14-5-15-33-62)75(58-26-10-3-11-27-58)71-43-39-57(49-72(71)76(78)59-28-12-4-13-29-59)56-38-42-70-66(48-56)65-47-55(37-41-69(65)74(70)61-31-19-25-53(45-61)51-22-8-2-9-23-51)54-36-40-68-64(46-54)63-34-16-17-35-67(63)73(68)60-30-18-24-52(44-60)50-20-6-1-7-21-50/h1-49H. The van der Waals surface area contributed by atoms with Crippen molar-refractivity contribution in [3.05, 3.63) is 297 Å². The van der Waals surface area contributed by atoms with E-state index in [1.165, 1.54) is 33.0 Å². The summed E-state index contributed by atoms with van der Waals surface area (Å²) in [5.74, 6) is 0. The van der Waals surface area contributed by atoms with E-state index in [-0.39, 0.29) is 0 Å². The van der Waals surface area contributed by atoms with Gasteiger partial charge in [-0.3, -0.25) is 13.9 Å². The van der Waals surface area contributed by atoms with Crippen molar-refractivity contribution in [1.82, 2.24) is 9.13 Å². The summed E-state index contributed by atoms with van der Waals surface area (Å²) < 4.78 is 25.4. The quantitative estimate of drug-likeness (QED) is 0.135. The van der Waals surface area contributed by atoms with Crippen LogP contribution in [-0.4, -0.2) is 9.13 Å². The van der Waals surface area contributed by atoms with Gasteiger partial charge in [-0.15, -0.1) is 0 Å². The Bertz CT molecular complexity index is 4650. The van der Waals surface area contributed by atoms with E-state index in [0.717, 1.165) is 94.6 Å². The van der Waals surface area contributed by atoms with Gasteiger partial charge in [-0.25, -0.2) is 0 Å². The first-order valence-electron chi connectivity index (χ1n) is 26.5. The third-order valence-corrected chi connectivity index (χ3v) is 18.5. The van der Waals surface area contributed by atoms with E-state index in [0.29, 0.717) is 0 Å². The van der Waals surface area contributed by atoms with Gasteiger partial charge in [0, 0.05) is 44.3 Å². The summed E-state index contributed by atoms with van der Waals surface area (Å²) in [7, 11) is -3.54. The Morgan fingerprint density at radius 3 is 1.08 bits per heavy atom. The second kappa shape index (κ2) is 18.4. The van der Waals surface area contributed by atoms with Crippen LogP contribution in [0.5, 0.6) is 0 Å². The van der Waals surface area contributed by atoms with Crippen LogP contribution in [0.1, 0.15) is 0 Å². The zero-order valence-electron chi connectivity index (χ0n) is 42.4. The molecule has 2 aromatic heterocycles. The highest BCUT2D eigenvalue weighted by Gasteiger charge is 2.49. The zero-order chi connectivity index (χ0) is 51.7. The average molecular weight is 1020 g/mol. The van der Waals surface area contributed by atoms with Gasteiger partial charge in [-0.1, -0.05) is 182 Å². The van der Waals surface area contributed by atoms with E-state index < -0.39 is 7.44 Å². The van der Waals surface area contributed by atoms with Crippen molar-refractivity contribution in [2.45, 2.75) is 0 Å². The third kappa shape index (κ3) is 7.35. The van der Waals surface area contributed by atoms with Crippen molar-refractivity contribution in [3.63, 3.8) is 0 Å². The van der Waals surface area contributed by atoms with Crippen LogP contribution in [0, 0.1) is 0 Å². The van der Waals surface area contributed by atoms with Crippen LogP contribution in [0.3, 0.4) is 0 Å². The molecule has 6 heteroatoms. The van der Waals surface area contributed by atoms with E-state index >= 15 is 4.57 Å². The zero-order valence-corrected chi connectivity index (χ0v) is 43.3. The molecule has 12 aromatic carbocycles. The van der Waals surface area contributed by atoms with Gasteiger partial charge in [0.25, 0.3) is 0 Å². The van der Waals surface area contributed by atoms with Crippen molar-refractivity contribution in [3.8, 4) is 55.9 Å². The molecule has 15 rings (SSSR count). The van der Waals surface area contributed by atoms with Crippen molar-refractivity contribution in [2.75, 3.05) is 9.34 Å². The van der Waals surface area contributed by atoms with Crippen LogP contribution < -0.4 is 14.6 Å². The van der Waals surface area contributed by atoms with Gasteiger partial charge in [0.05, 0.1) is 38.7 Å². The number of anilines is 4. The summed E-state index contributed by atoms with van der Waals surface area (Å²) >= 11 is 0. The second-order valence-corrected chi connectivity index (χ2v) is 22.5. The van der Waals surface area contributed by atoms with Gasteiger partial charge in [-0.05, 0) is 160 Å². The SMILES string of the molecule is O=P1(c2ccccc2)N(c2ccccc2)c2ccc(-c3ccc4c(c3)c3cc(-c5ccc6c(c5)c5ccccc5n6-c5cccc(-c6ccccc6)c5)ccc3n4-c3cccc(-c4ccccc4)c3)cc2N1c1ccccc1. The molecular formula is C72H49N4OP. The predicted octanol–water partition coefficient (Wildman–Crippen LogP) is 19.4. The molecule has 5 nitrogen and oxygen atoms in total. The molecule has 0 radical (unpaired) electrons. The summed E-state index contributed by atoms with van der Waals surface area (Å²) in [6.45, 7) is 0. The van der Waals surface area contributed by atoms with Crippen LogP contribution in [0.15, 0.2) is 297 Å². The molecular weight excluding hydrogens is 968 g/mol. The molecule has 0 N–H and O–H groups in total. The van der Waals surface area contributed by atoms with Gasteiger partial charge >= 0.3 is 7.44 Å². The minimum absolute atomic E-state index is 0.760. The lowest BCUT2D eigenvalue weighted by Gasteiger charge is -2.33. The number of fused-ring (bicyclic) bond motifs is 7. The maximum absolute atomic E-state index is 16.4. The lowest BCUT2D eigenvalue weighted by Crippen LogP contribution is -2.26. The molecule has 0 saturated carbocycles. The minimum atomic E-state index is -3.54. The lowest BCUT2D eigenvalue weighted by molar-refractivity contribution is 0.582. The van der Waals surface area contributed by atoms with E-state index in [9.17, 15) is 0 Å². The fourth-order valence-corrected chi connectivity index (χ4v) is 15.0. The number of nitrogens with zero attached hydrogens (tertiary/aromatic N) is 4. The summed E-state index contributed by atoms with van der Waals surface area (Å²) in [5, 5.41) is 5.49. The Kier molecular flexibility index (Phi) is 10.7. The van der Waals surface area contributed by atoms with E-state index in [4.69, 9.17) is 0 Å². The summed E-state index contributed by atoms with van der Waals surface area (Å²) in [6.07, 6.45) is 0. The number of para-hydroxylation sites is 3. The first-order chi connectivity index (χ1) is 38.6. The molecule has 0 fully saturated rings. The molecule has 1 unspecified atom stereocenters. The molecule has 14 aromatic rings. The van der Waals surface area contributed by atoms with Gasteiger partial charge < -0.3 is 9.13 Å². The Balaban J connectivity index is 0.910. The summed E-state index contributed by atoms with van der Waals surface area (Å²) in [4.78, 5) is 0. The molecule has 0 amide bonds. The molecule has 1 aliphatic rings. The van der Waals surface area contributed by atoms with Crippen LogP contribution in [0.2, 0.25) is 0 Å². The monoisotopic (exact) mass is 1020 g/mol. The summed E-state index contributed by atoms with van der Waals surface area (Å²) in [6, 6.07) is 105. The van der Waals surface area contributed by atoms with E-state index in [1.54, 1.807) is 0 Å². The number of benzene rings is 12. The van der Waals surface area contributed by atoms with E-state index in [1.807, 2.05) is 66.7 Å². The van der Waals surface area contributed by atoms with Crippen LogP contribution in [0.4, 0.5) is 22.7 Å². The van der Waals surface area contributed by atoms with Gasteiger partial charge in [0.2, 0.25) is 0 Å². The highest BCUT2D eigenvalue weighted by molar-refractivity contribution is 7.76. The van der Waals surface area contributed by atoms with Crippen LogP contribution in [-0.2, 0) is 4.57 Å². The maximum atomic E-state index is 16.4. The van der Waals surface area contributed by atoms with Crippen molar-refractivity contribution in [1.29, 1.82) is 0 Å². The van der Waals surface area contributed by atoms with Gasteiger partial charge in [0.1, 0.15) is 0 Å². The first kappa shape index (κ1) is 45.5. The van der Waals surface area contributed by atoms with Gasteiger partial charge in [-0.2, -0.15) is 0 Å². The molecule has 1 aliphatic heterocycles. The van der Waals surface area contributed by atoms with Crippen LogP contribution >= 0.6 is 7.44 Å². The van der Waals surface area contributed by atoms with Crippen molar-refractivity contribution >= 4 is 79.1 Å².